The van der Waals surface area contributed by atoms with Gasteiger partial charge in [0.1, 0.15) is 6.29 Å². The predicted molar refractivity (Wildman–Crippen MR) is 46.8 cm³/mol. The Morgan fingerprint density at radius 1 is 1.55 bits per heavy atom. The second-order valence-electron chi connectivity index (χ2n) is 3.80. The molecule has 0 radical (unpaired) electrons. The van der Waals surface area contributed by atoms with Gasteiger partial charge >= 0.3 is 0 Å². The number of carbonyl (C=O) groups excluding carboxylic acids is 1. The molecule has 1 aliphatic carbocycles. The topological polar surface area (TPSA) is 17.1 Å². The molecule has 0 unspecified atom stereocenters. The fourth-order valence-electron chi connectivity index (χ4n) is 1.62. The first kappa shape index (κ1) is 9.05. The fraction of sp³-hybridized carbons (Fsp3) is 0.889. The summed E-state index contributed by atoms with van der Waals surface area (Å²) in [6.45, 7) is 2.24. The molecule has 0 amide bonds. The number of carbonyl (C=O) groups is 1. The van der Waals surface area contributed by atoms with Crippen molar-refractivity contribution in [2.24, 2.45) is 11.3 Å². The van der Waals surface area contributed by atoms with Crippen LogP contribution in [0.4, 0.5) is 0 Å². The molecule has 0 saturated heterocycles. The Bertz CT molecular complexity index is 136. The molecule has 0 aromatic rings. The van der Waals surface area contributed by atoms with Gasteiger partial charge in [0.15, 0.2) is 0 Å². The van der Waals surface area contributed by atoms with Crippen LogP contribution in [-0.2, 0) is 4.79 Å². The van der Waals surface area contributed by atoms with Crippen molar-refractivity contribution in [1.29, 1.82) is 0 Å². The molecule has 0 aliphatic heterocycles. The van der Waals surface area contributed by atoms with Gasteiger partial charge in [0.25, 0.3) is 0 Å². The molecule has 1 aliphatic rings. The first-order valence-electron chi connectivity index (χ1n) is 4.25. The Balaban J connectivity index is 2.52. The molecular formula is C9H15ClO. The van der Waals surface area contributed by atoms with Crippen LogP contribution in [0.2, 0.25) is 0 Å². The summed E-state index contributed by atoms with van der Waals surface area (Å²) < 4.78 is 0. The van der Waals surface area contributed by atoms with Gasteiger partial charge in [-0.2, -0.15) is 0 Å². The highest BCUT2D eigenvalue weighted by Crippen LogP contribution is 2.37. The van der Waals surface area contributed by atoms with E-state index in [4.69, 9.17) is 11.6 Å². The molecule has 0 N–H and O–H groups in total. The maximum Gasteiger partial charge on any atom is 0.127 e. The van der Waals surface area contributed by atoms with Crippen LogP contribution < -0.4 is 0 Å². The van der Waals surface area contributed by atoms with Crippen LogP contribution in [0, 0.1) is 11.3 Å². The van der Waals surface area contributed by atoms with Crippen molar-refractivity contribution < 1.29 is 4.79 Å². The first-order valence-corrected chi connectivity index (χ1v) is 4.78. The van der Waals surface area contributed by atoms with Crippen molar-refractivity contribution in [3.63, 3.8) is 0 Å². The molecule has 0 aromatic heterocycles. The average Bonchev–Trinajstić information content (AvgIpc) is 2.07. The summed E-state index contributed by atoms with van der Waals surface area (Å²) >= 11 is 5.75. The fourth-order valence-corrected chi connectivity index (χ4v) is 1.95. The third-order valence-corrected chi connectivity index (χ3v) is 3.32. The minimum atomic E-state index is -0.173. The molecule has 0 atom stereocenters. The van der Waals surface area contributed by atoms with Gasteiger partial charge in [0.05, 0.1) is 0 Å². The SMILES string of the molecule is CC1CCC(C=O)(CCl)CC1. The van der Waals surface area contributed by atoms with Crippen molar-refractivity contribution in [3.8, 4) is 0 Å². The summed E-state index contributed by atoms with van der Waals surface area (Å²) in [6, 6.07) is 0. The molecule has 2 heteroatoms. The Labute approximate surface area is 73.1 Å². The zero-order valence-corrected chi connectivity index (χ0v) is 7.73. The Morgan fingerprint density at radius 2 is 2.09 bits per heavy atom. The van der Waals surface area contributed by atoms with Crippen LogP contribution in [0.15, 0.2) is 0 Å². The first-order chi connectivity index (χ1) is 5.22. The van der Waals surface area contributed by atoms with Gasteiger partial charge in [-0.3, -0.25) is 0 Å². The van der Waals surface area contributed by atoms with E-state index in [0.717, 1.165) is 37.9 Å². The van der Waals surface area contributed by atoms with E-state index >= 15 is 0 Å². The smallest absolute Gasteiger partial charge is 0.127 e. The number of alkyl halides is 1. The second-order valence-corrected chi connectivity index (χ2v) is 4.06. The van der Waals surface area contributed by atoms with E-state index in [-0.39, 0.29) is 5.41 Å². The summed E-state index contributed by atoms with van der Waals surface area (Å²) in [5, 5.41) is 0. The number of halogens is 1. The van der Waals surface area contributed by atoms with Gasteiger partial charge in [0, 0.05) is 11.3 Å². The zero-order chi connectivity index (χ0) is 8.32. The molecule has 1 fully saturated rings. The lowest BCUT2D eigenvalue weighted by Gasteiger charge is -2.32. The molecule has 0 bridgehead atoms. The third kappa shape index (κ3) is 1.96. The van der Waals surface area contributed by atoms with Crippen molar-refractivity contribution in [3.05, 3.63) is 0 Å². The van der Waals surface area contributed by atoms with Gasteiger partial charge in [-0.1, -0.05) is 6.92 Å². The summed E-state index contributed by atoms with van der Waals surface area (Å²) in [6.07, 6.45) is 5.35. The van der Waals surface area contributed by atoms with Crippen LogP contribution in [0.25, 0.3) is 0 Å². The standard InChI is InChI=1S/C9H15ClO/c1-8-2-4-9(6-10,7-11)5-3-8/h7-8H,2-6H2,1H3. The average molecular weight is 175 g/mol. The van der Waals surface area contributed by atoms with Crippen LogP contribution in [-0.4, -0.2) is 12.2 Å². The molecule has 1 rings (SSSR count). The molecule has 1 saturated carbocycles. The van der Waals surface area contributed by atoms with E-state index in [1.54, 1.807) is 0 Å². The van der Waals surface area contributed by atoms with Gasteiger partial charge in [-0.15, -0.1) is 11.6 Å². The number of rotatable bonds is 2. The highest BCUT2D eigenvalue weighted by Gasteiger charge is 2.32. The molecule has 0 aromatic carbocycles. The van der Waals surface area contributed by atoms with Crippen LogP contribution in [0.5, 0.6) is 0 Å². The molecule has 64 valence electrons. The van der Waals surface area contributed by atoms with Crippen molar-refractivity contribution >= 4 is 17.9 Å². The van der Waals surface area contributed by atoms with Crippen LogP contribution >= 0.6 is 11.6 Å². The van der Waals surface area contributed by atoms with Gasteiger partial charge < -0.3 is 4.79 Å². The summed E-state index contributed by atoms with van der Waals surface area (Å²) in [5.41, 5.74) is -0.173. The van der Waals surface area contributed by atoms with E-state index in [0.29, 0.717) is 5.88 Å². The maximum atomic E-state index is 10.7. The summed E-state index contributed by atoms with van der Waals surface area (Å²) in [5.74, 6) is 1.29. The minimum absolute atomic E-state index is 0.173. The highest BCUT2D eigenvalue weighted by atomic mass is 35.5. The molecule has 11 heavy (non-hydrogen) atoms. The van der Waals surface area contributed by atoms with Gasteiger partial charge in [-0.05, 0) is 31.6 Å². The monoisotopic (exact) mass is 174 g/mol. The van der Waals surface area contributed by atoms with Crippen molar-refractivity contribution in [2.75, 3.05) is 5.88 Å². The maximum absolute atomic E-state index is 10.7. The largest absolute Gasteiger partial charge is 0.303 e. The van der Waals surface area contributed by atoms with E-state index in [1.807, 2.05) is 0 Å². The highest BCUT2D eigenvalue weighted by molar-refractivity contribution is 6.19. The lowest BCUT2D eigenvalue weighted by Crippen LogP contribution is -2.29. The zero-order valence-electron chi connectivity index (χ0n) is 6.98. The normalized spacial score (nSPS) is 38.5. The van der Waals surface area contributed by atoms with E-state index in [2.05, 4.69) is 6.92 Å². The van der Waals surface area contributed by atoms with Crippen molar-refractivity contribution in [1.82, 2.24) is 0 Å². The Kier molecular flexibility index (Phi) is 2.94. The van der Waals surface area contributed by atoms with Gasteiger partial charge in [-0.25, -0.2) is 0 Å². The molecular weight excluding hydrogens is 160 g/mol. The number of aldehydes is 1. The van der Waals surface area contributed by atoms with Crippen LogP contribution in [0.1, 0.15) is 32.6 Å². The number of hydrogen-bond acceptors (Lipinski definition) is 1. The van der Waals surface area contributed by atoms with Crippen molar-refractivity contribution in [2.45, 2.75) is 32.6 Å². The van der Waals surface area contributed by atoms with E-state index in [1.165, 1.54) is 0 Å². The Hall–Kier alpha value is -0.0400. The lowest BCUT2D eigenvalue weighted by molar-refractivity contribution is -0.117. The minimum Gasteiger partial charge on any atom is -0.303 e. The third-order valence-electron chi connectivity index (χ3n) is 2.79. The predicted octanol–water partition coefficient (Wildman–Crippen LogP) is 2.62. The van der Waals surface area contributed by atoms with Gasteiger partial charge in [0.2, 0.25) is 0 Å². The summed E-state index contributed by atoms with van der Waals surface area (Å²) in [4.78, 5) is 10.7. The molecule has 0 spiro atoms. The Morgan fingerprint density at radius 3 is 2.45 bits per heavy atom. The van der Waals surface area contributed by atoms with Crippen LogP contribution in [0.3, 0.4) is 0 Å². The summed E-state index contributed by atoms with van der Waals surface area (Å²) in [7, 11) is 0. The van der Waals surface area contributed by atoms with E-state index < -0.39 is 0 Å². The molecule has 1 nitrogen and oxygen atoms in total. The molecule has 0 heterocycles. The lowest BCUT2D eigenvalue weighted by atomic mass is 9.73. The second kappa shape index (κ2) is 3.57. The van der Waals surface area contributed by atoms with E-state index in [9.17, 15) is 4.79 Å². The number of hydrogen-bond donors (Lipinski definition) is 0. The quantitative estimate of drug-likeness (QED) is 0.465.